The van der Waals surface area contributed by atoms with Crippen LogP contribution in [-0.2, 0) is 0 Å². The topological polar surface area (TPSA) is 49.3 Å². The Labute approximate surface area is 176 Å². The molecule has 0 saturated carbocycles. The number of carbonyl (C=O) groups excluding carboxylic acids is 1. The zero-order valence-electron chi connectivity index (χ0n) is 17.0. The van der Waals surface area contributed by atoms with Crippen LogP contribution in [0.5, 0.6) is 0 Å². The molecule has 1 aliphatic rings. The van der Waals surface area contributed by atoms with E-state index in [2.05, 4.69) is 23.7 Å². The van der Waals surface area contributed by atoms with Crippen LogP contribution in [0.4, 0.5) is 0 Å². The molecule has 5 nitrogen and oxygen atoms in total. The lowest BCUT2D eigenvalue weighted by Crippen LogP contribution is -2.50. The molecule has 0 atom stereocenters. The number of fused-ring (bicyclic) bond motifs is 1. The van der Waals surface area contributed by atoms with Gasteiger partial charge in [0.2, 0.25) is 0 Å². The number of aromatic nitrogens is 2. The van der Waals surface area contributed by atoms with Crippen LogP contribution in [0, 0.1) is 6.92 Å². The molecule has 29 heavy (non-hydrogen) atoms. The van der Waals surface area contributed by atoms with E-state index in [-0.39, 0.29) is 5.91 Å². The normalized spacial score (nSPS) is 15.3. The van der Waals surface area contributed by atoms with Crippen molar-refractivity contribution in [1.29, 1.82) is 0 Å². The number of amides is 1. The van der Waals surface area contributed by atoms with Crippen LogP contribution in [0.25, 0.3) is 22.2 Å². The van der Waals surface area contributed by atoms with Gasteiger partial charge in [-0.05, 0) is 50.6 Å². The Hall–Kier alpha value is -2.50. The maximum Gasteiger partial charge on any atom is 0.254 e. The number of hydrogen-bond donors (Lipinski definition) is 0. The zero-order valence-corrected chi connectivity index (χ0v) is 17.8. The van der Waals surface area contributed by atoms with Crippen LogP contribution >= 0.6 is 11.6 Å². The number of aryl methyl sites for hydroxylation is 1. The summed E-state index contributed by atoms with van der Waals surface area (Å²) in [7, 11) is 0. The van der Waals surface area contributed by atoms with Gasteiger partial charge >= 0.3 is 0 Å². The van der Waals surface area contributed by atoms with Gasteiger partial charge in [0.1, 0.15) is 0 Å². The van der Waals surface area contributed by atoms with E-state index in [1.807, 2.05) is 42.2 Å². The molecule has 3 heterocycles. The first-order valence-electron chi connectivity index (χ1n) is 9.99. The first-order chi connectivity index (χ1) is 14.0. The standard InChI is InChI=1S/C23H25ClN4O/c1-15(2)27-10-12-28(13-11-27)23(29)19-14-21(17-6-8-25-9-7-17)26-22-16(3)20(24)5-4-18(19)22/h4-9,14-15H,10-13H2,1-3H3. The van der Waals surface area contributed by atoms with E-state index in [0.717, 1.165) is 53.9 Å². The second-order valence-electron chi connectivity index (χ2n) is 7.78. The molecule has 1 saturated heterocycles. The monoisotopic (exact) mass is 408 g/mol. The highest BCUT2D eigenvalue weighted by Gasteiger charge is 2.25. The molecule has 1 amide bonds. The quantitative estimate of drug-likeness (QED) is 0.643. The van der Waals surface area contributed by atoms with Gasteiger partial charge in [0.15, 0.2) is 0 Å². The second-order valence-corrected chi connectivity index (χ2v) is 8.19. The summed E-state index contributed by atoms with van der Waals surface area (Å²) in [6.45, 7) is 9.60. The summed E-state index contributed by atoms with van der Waals surface area (Å²) in [4.78, 5) is 26.8. The first-order valence-corrected chi connectivity index (χ1v) is 10.4. The molecular formula is C23H25ClN4O. The largest absolute Gasteiger partial charge is 0.336 e. The molecule has 0 unspecified atom stereocenters. The van der Waals surface area contributed by atoms with Crippen LogP contribution in [0.15, 0.2) is 42.7 Å². The molecule has 1 fully saturated rings. The molecule has 0 bridgehead atoms. The van der Waals surface area contributed by atoms with E-state index in [1.54, 1.807) is 12.4 Å². The Morgan fingerprint density at radius 1 is 1.07 bits per heavy atom. The molecule has 0 aliphatic carbocycles. The summed E-state index contributed by atoms with van der Waals surface area (Å²) >= 11 is 6.36. The summed E-state index contributed by atoms with van der Waals surface area (Å²) in [5.41, 5.74) is 4.03. The van der Waals surface area contributed by atoms with E-state index in [1.165, 1.54) is 0 Å². The summed E-state index contributed by atoms with van der Waals surface area (Å²) in [6.07, 6.45) is 3.47. The average Bonchev–Trinajstić information content (AvgIpc) is 2.76. The van der Waals surface area contributed by atoms with Gasteiger partial charge in [-0.2, -0.15) is 0 Å². The van der Waals surface area contributed by atoms with Gasteiger partial charge in [-0.25, -0.2) is 4.98 Å². The van der Waals surface area contributed by atoms with Crippen LogP contribution in [0.3, 0.4) is 0 Å². The predicted octanol–water partition coefficient (Wildman–Crippen LogP) is 4.42. The molecule has 1 aliphatic heterocycles. The van der Waals surface area contributed by atoms with Gasteiger partial charge in [-0.1, -0.05) is 17.7 Å². The maximum atomic E-state index is 13.5. The molecule has 150 valence electrons. The lowest BCUT2D eigenvalue weighted by molar-refractivity contribution is 0.0597. The van der Waals surface area contributed by atoms with E-state index < -0.39 is 0 Å². The minimum atomic E-state index is 0.0536. The van der Waals surface area contributed by atoms with Gasteiger partial charge in [0.05, 0.1) is 16.8 Å². The van der Waals surface area contributed by atoms with Crippen molar-refractivity contribution in [3.63, 3.8) is 0 Å². The fourth-order valence-electron chi connectivity index (χ4n) is 3.86. The minimum Gasteiger partial charge on any atom is -0.336 e. The fraction of sp³-hybridized carbons (Fsp3) is 0.348. The number of rotatable bonds is 3. The van der Waals surface area contributed by atoms with E-state index >= 15 is 0 Å². The van der Waals surface area contributed by atoms with Crippen molar-refractivity contribution in [3.05, 3.63) is 58.9 Å². The third-order valence-corrected chi connectivity index (χ3v) is 6.12. The second kappa shape index (κ2) is 8.09. The van der Waals surface area contributed by atoms with Crippen molar-refractivity contribution in [2.45, 2.75) is 26.8 Å². The van der Waals surface area contributed by atoms with E-state index in [0.29, 0.717) is 16.6 Å². The summed E-state index contributed by atoms with van der Waals surface area (Å²) in [6, 6.07) is 9.97. The molecule has 4 rings (SSSR count). The summed E-state index contributed by atoms with van der Waals surface area (Å²) < 4.78 is 0. The number of nitrogens with zero attached hydrogens (tertiary/aromatic N) is 4. The highest BCUT2D eigenvalue weighted by atomic mass is 35.5. The molecule has 0 spiro atoms. The zero-order chi connectivity index (χ0) is 20.5. The third kappa shape index (κ3) is 3.85. The smallest absolute Gasteiger partial charge is 0.254 e. The Bertz CT molecular complexity index is 1040. The summed E-state index contributed by atoms with van der Waals surface area (Å²) in [5.74, 6) is 0.0536. The van der Waals surface area contributed by atoms with Gasteiger partial charge in [0.25, 0.3) is 5.91 Å². The maximum absolute atomic E-state index is 13.5. The van der Waals surface area contributed by atoms with Crippen molar-refractivity contribution < 1.29 is 4.79 Å². The van der Waals surface area contributed by atoms with Crippen LogP contribution in [0.1, 0.15) is 29.8 Å². The Morgan fingerprint density at radius 3 is 2.41 bits per heavy atom. The van der Waals surface area contributed by atoms with Gasteiger partial charge < -0.3 is 4.90 Å². The van der Waals surface area contributed by atoms with E-state index in [4.69, 9.17) is 16.6 Å². The van der Waals surface area contributed by atoms with Gasteiger partial charge in [-0.3, -0.25) is 14.7 Å². The fourth-order valence-corrected chi connectivity index (χ4v) is 4.02. The highest BCUT2D eigenvalue weighted by Crippen LogP contribution is 2.31. The first kappa shape index (κ1) is 19.8. The van der Waals surface area contributed by atoms with Crippen LogP contribution in [-0.4, -0.2) is 57.9 Å². The third-order valence-electron chi connectivity index (χ3n) is 5.71. The summed E-state index contributed by atoms with van der Waals surface area (Å²) in [5, 5.41) is 1.50. The van der Waals surface area contributed by atoms with E-state index in [9.17, 15) is 4.79 Å². The lowest BCUT2D eigenvalue weighted by atomic mass is 10.0. The molecule has 1 aromatic carbocycles. The Kier molecular flexibility index (Phi) is 5.52. The molecule has 6 heteroatoms. The number of halogens is 1. The molecule has 3 aromatic rings. The lowest BCUT2D eigenvalue weighted by Gasteiger charge is -2.37. The number of hydrogen-bond acceptors (Lipinski definition) is 4. The Balaban J connectivity index is 1.79. The number of pyridine rings is 2. The number of carbonyl (C=O) groups is 1. The van der Waals surface area contributed by atoms with Gasteiger partial charge in [0, 0.05) is 60.6 Å². The molecule has 2 aromatic heterocycles. The van der Waals surface area contributed by atoms with Gasteiger partial charge in [-0.15, -0.1) is 0 Å². The molecule has 0 radical (unpaired) electrons. The molecular weight excluding hydrogens is 384 g/mol. The SMILES string of the molecule is Cc1c(Cl)ccc2c(C(=O)N3CCN(C(C)C)CC3)cc(-c3ccncc3)nc12. The van der Waals surface area contributed by atoms with Crippen molar-refractivity contribution >= 4 is 28.4 Å². The van der Waals surface area contributed by atoms with Crippen molar-refractivity contribution in [3.8, 4) is 11.3 Å². The minimum absolute atomic E-state index is 0.0536. The van der Waals surface area contributed by atoms with Crippen LogP contribution in [0.2, 0.25) is 5.02 Å². The van der Waals surface area contributed by atoms with Crippen molar-refractivity contribution in [2.75, 3.05) is 26.2 Å². The molecule has 0 N–H and O–H groups in total. The number of benzene rings is 1. The highest BCUT2D eigenvalue weighted by molar-refractivity contribution is 6.32. The predicted molar refractivity (Wildman–Crippen MR) is 117 cm³/mol. The van der Waals surface area contributed by atoms with Crippen molar-refractivity contribution in [1.82, 2.24) is 19.8 Å². The Morgan fingerprint density at radius 2 is 1.76 bits per heavy atom. The average molecular weight is 409 g/mol. The van der Waals surface area contributed by atoms with Crippen LogP contribution < -0.4 is 0 Å². The van der Waals surface area contributed by atoms with Crippen molar-refractivity contribution in [2.24, 2.45) is 0 Å². The number of piperazine rings is 1.